The van der Waals surface area contributed by atoms with Crippen LogP contribution in [0.15, 0.2) is 24.3 Å². The first-order chi connectivity index (χ1) is 10.8. The molecule has 0 amide bonds. The van der Waals surface area contributed by atoms with Crippen LogP contribution in [0.5, 0.6) is 0 Å². The smallest absolute Gasteiger partial charge is 0.155 e. The predicted octanol–water partition coefficient (Wildman–Crippen LogP) is 5.17. The number of rotatable bonds is 2. The first-order valence-corrected chi connectivity index (χ1v) is 9.44. The summed E-state index contributed by atoms with van der Waals surface area (Å²) >= 11 is 6.35. The highest BCUT2D eigenvalue weighted by molar-refractivity contribution is 7.32. The van der Waals surface area contributed by atoms with Crippen LogP contribution in [-0.2, 0) is 0 Å². The molecule has 0 fully saturated rings. The van der Waals surface area contributed by atoms with Crippen molar-refractivity contribution >= 4 is 55.0 Å². The minimum absolute atomic E-state index is 0.919. The third kappa shape index (κ3) is 2.27. The van der Waals surface area contributed by atoms with Crippen LogP contribution in [0.25, 0.3) is 29.4 Å². The van der Waals surface area contributed by atoms with Crippen molar-refractivity contribution in [2.45, 2.75) is 0 Å². The topological polar surface area (TPSA) is 25.8 Å². The Kier molecular flexibility index (Phi) is 3.33. The van der Waals surface area contributed by atoms with E-state index in [0.717, 1.165) is 39.2 Å². The van der Waals surface area contributed by atoms with Crippen LogP contribution in [0.2, 0.25) is 0 Å². The standard InChI is InChI=1S/C16H6N2S4/c1-3-9-5-7-11(19-9)13-17-15-16(21-13)18-14(22-15)12-8-6-10(4-2)20-12/h1-2,5-8H. The second kappa shape index (κ2) is 5.35. The molecule has 0 aliphatic rings. The fraction of sp³-hybridized carbons (Fsp3) is 0. The zero-order chi connectivity index (χ0) is 15.1. The van der Waals surface area contributed by atoms with Crippen LogP contribution in [0.4, 0.5) is 0 Å². The van der Waals surface area contributed by atoms with Crippen molar-refractivity contribution < 1.29 is 0 Å². The molecule has 0 aromatic carbocycles. The molecule has 6 heteroatoms. The Bertz CT molecular complexity index is 949. The van der Waals surface area contributed by atoms with E-state index >= 15 is 0 Å². The molecule has 2 nitrogen and oxygen atoms in total. The average molecular weight is 355 g/mol. The fourth-order valence-electron chi connectivity index (χ4n) is 1.91. The molecular weight excluding hydrogens is 348 g/mol. The van der Waals surface area contributed by atoms with Gasteiger partial charge in [-0.2, -0.15) is 0 Å². The third-order valence-electron chi connectivity index (χ3n) is 2.89. The van der Waals surface area contributed by atoms with Crippen molar-refractivity contribution in [2.75, 3.05) is 0 Å². The molecule has 4 heterocycles. The van der Waals surface area contributed by atoms with Crippen LogP contribution in [0.1, 0.15) is 9.75 Å². The SMILES string of the molecule is C#Cc1ccc(-c2nc3sc(-c4ccc(C#C)s4)nc3s2)s1. The Morgan fingerprint density at radius 2 is 1.14 bits per heavy atom. The van der Waals surface area contributed by atoms with E-state index in [9.17, 15) is 0 Å². The second-order valence-electron chi connectivity index (χ2n) is 4.26. The molecule has 0 N–H and O–H groups in total. The van der Waals surface area contributed by atoms with Crippen LogP contribution in [-0.4, -0.2) is 9.97 Å². The first-order valence-electron chi connectivity index (χ1n) is 6.18. The summed E-state index contributed by atoms with van der Waals surface area (Å²) in [5.74, 6) is 5.30. The molecule has 0 radical (unpaired) electrons. The first kappa shape index (κ1) is 13.7. The fourth-order valence-corrected chi connectivity index (χ4v) is 5.70. The number of thiophene rings is 2. The van der Waals surface area contributed by atoms with Gasteiger partial charge in [0.05, 0.1) is 19.5 Å². The van der Waals surface area contributed by atoms with Crippen molar-refractivity contribution in [1.29, 1.82) is 0 Å². The van der Waals surface area contributed by atoms with E-state index in [1.54, 1.807) is 45.3 Å². The molecule has 0 atom stereocenters. The van der Waals surface area contributed by atoms with Crippen molar-refractivity contribution in [1.82, 2.24) is 9.97 Å². The van der Waals surface area contributed by atoms with Gasteiger partial charge in [-0.25, -0.2) is 9.97 Å². The van der Waals surface area contributed by atoms with Gasteiger partial charge >= 0.3 is 0 Å². The Morgan fingerprint density at radius 1 is 0.682 bits per heavy atom. The summed E-state index contributed by atoms with van der Waals surface area (Å²) in [4.78, 5) is 15.3. The Balaban J connectivity index is 1.73. The van der Waals surface area contributed by atoms with Gasteiger partial charge in [-0.15, -0.1) is 35.5 Å². The highest BCUT2D eigenvalue weighted by Gasteiger charge is 2.15. The van der Waals surface area contributed by atoms with Crippen molar-refractivity contribution in [3.8, 4) is 44.5 Å². The number of aromatic nitrogens is 2. The molecule has 0 bridgehead atoms. The summed E-state index contributed by atoms with van der Waals surface area (Å²) in [5, 5.41) is 1.95. The zero-order valence-electron chi connectivity index (χ0n) is 11.0. The molecular formula is C16H6N2S4. The number of hydrogen-bond donors (Lipinski definition) is 0. The second-order valence-corrected chi connectivity index (χ2v) is 8.39. The zero-order valence-corrected chi connectivity index (χ0v) is 14.3. The summed E-state index contributed by atoms with van der Waals surface area (Å²) in [6, 6.07) is 7.92. The highest BCUT2D eigenvalue weighted by Crippen LogP contribution is 2.39. The molecule has 4 rings (SSSR count). The average Bonchev–Trinajstić information content (AvgIpc) is 3.27. The largest absolute Gasteiger partial charge is 0.222 e. The lowest BCUT2D eigenvalue weighted by atomic mass is 10.4. The van der Waals surface area contributed by atoms with Gasteiger partial charge in [-0.1, -0.05) is 34.5 Å². The van der Waals surface area contributed by atoms with Gasteiger partial charge in [0.15, 0.2) is 9.66 Å². The molecule has 0 saturated carbocycles. The molecule has 0 saturated heterocycles. The van der Waals surface area contributed by atoms with Crippen molar-refractivity contribution in [3.05, 3.63) is 34.0 Å². The van der Waals surface area contributed by atoms with Crippen molar-refractivity contribution in [3.63, 3.8) is 0 Å². The van der Waals surface area contributed by atoms with E-state index in [1.165, 1.54) is 0 Å². The lowest BCUT2D eigenvalue weighted by Crippen LogP contribution is -1.67. The van der Waals surface area contributed by atoms with Crippen LogP contribution in [0, 0.1) is 24.7 Å². The maximum Gasteiger partial charge on any atom is 0.155 e. The van der Waals surface area contributed by atoms with Gasteiger partial charge in [-0.3, -0.25) is 0 Å². The monoisotopic (exact) mass is 354 g/mol. The van der Waals surface area contributed by atoms with Crippen LogP contribution >= 0.6 is 45.3 Å². The van der Waals surface area contributed by atoms with Crippen molar-refractivity contribution in [2.24, 2.45) is 0 Å². The van der Waals surface area contributed by atoms with Gasteiger partial charge in [0.25, 0.3) is 0 Å². The van der Waals surface area contributed by atoms with E-state index in [1.807, 2.05) is 24.3 Å². The van der Waals surface area contributed by atoms with Gasteiger partial charge in [0, 0.05) is 0 Å². The predicted molar refractivity (Wildman–Crippen MR) is 97.8 cm³/mol. The van der Waals surface area contributed by atoms with Gasteiger partial charge in [0.2, 0.25) is 0 Å². The Morgan fingerprint density at radius 3 is 1.50 bits per heavy atom. The quantitative estimate of drug-likeness (QED) is 0.464. The number of hydrogen-bond acceptors (Lipinski definition) is 6. The number of fused-ring (bicyclic) bond motifs is 1. The molecule has 22 heavy (non-hydrogen) atoms. The molecule has 4 aromatic heterocycles. The van der Waals surface area contributed by atoms with E-state index in [2.05, 4.69) is 21.8 Å². The van der Waals surface area contributed by atoms with Gasteiger partial charge < -0.3 is 0 Å². The molecule has 4 aromatic rings. The lowest BCUT2D eigenvalue weighted by molar-refractivity contribution is 1.51. The van der Waals surface area contributed by atoms with Gasteiger partial charge in [0.1, 0.15) is 10.0 Å². The summed E-state index contributed by atoms with van der Waals surface area (Å²) in [7, 11) is 0. The van der Waals surface area contributed by atoms with E-state index in [0.29, 0.717) is 0 Å². The number of nitrogens with zero attached hydrogens (tertiary/aromatic N) is 2. The molecule has 0 spiro atoms. The minimum Gasteiger partial charge on any atom is -0.222 e. The maximum absolute atomic E-state index is 5.41. The Labute approximate surface area is 143 Å². The van der Waals surface area contributed by atoms with Crippen LogP contribution in [0.3, 0.4) is 0 Å². The van der Waals surface area contributed by atoms with E-state index in [4.69, 9.17) is 12.8 Å². The highest BCUT2D eigenvalue weighted by atomic mass is 32.1. The van der Waals surface area contributed by atoms with Gasteiger partial charge in [-0.05, 0) is 24.3 Å². The summed E-state index contributed by atoms with van der Waals surface area (Å²) in [6.45, 7) is 0. The molecule has 0 unspecified atom stereocenters. The summed E-state index contributed by atoms with van der Waals surface area (Å²) in [6.07, 6.45) is 10.8. The van der Waals surface area contributed by atoms with E-state index < -0.39 is 0 Å². The molecule has 0 aliphatic heterocycles. The Hall–Kier alpha value is -1.96. The summed E-state index contributed by atoms with van der Waals surface area (Å²) < 4.78 is 0. The third-order valence-corrected chi connectivity index (χ3v) is 7.29. The van der Waals surface area contributed by atoms with Crippen LogP contribution < -0.4 is 0 Å². The minimum atomic E-state index is 0.919. The lowest BCUT2D eigenvalue weighted by Gasteiger charge is -1.88. The molecule has 104 valence electrons. The number of thiazole rings is 2. The van der Waals surface area contributed by atoms with E-state index in [-0.39, 0.29) is 0 Å². The number of terminal acetylenes is 2. The molecule has 0 aliphatic carbocycles. The normalized spacial score (nSPS) is 10.6. The maximum atomic E-state index is 5.41. The summed E-state index contributed by atoms with van der Waals surface area (Å²) in [5.41, 5.74) is 0.